The van der Waals surface area contributed by atoms with Crippen LogP contribution in [0.1, 0.15) is 50.3 Å². The minimum Gasteiger partial charge on any atom is -0.314 e. The molecule has 1 aromatic rings. The molecular weight excluding hydrogens is 238 g/mol. The van der Waals surface area contributed by atoms with E-state index in [2.05, 4.69) is 39.0 Å². The largest absolute Gasteiger partial charge is 0.314 e. The lowest BCUT2D eigenvalue weighted by atomic mass is 10.2. The number of rotatable bonds is 3. The molecule has 106 valence electrons. The average molecular weight is 263 g/mol. The summed E-state index contributed by atoms with van der Waals surface area (Å²) in [4.78, 5) is 2.38. The number of nitrogens with zero attached hydrogens (tertiary/aromatic N) is 4. The van der Waals surface area contributed by atoms with Gasteiger partial charge in [0.2, 0.25) is 0 Å². The second-order valence-electron chi connectivity index (χ2n) is 6.07. The topological polar surface area (TPSA) is 46.0 Å². The van der Waals surface area contributed by atoms with Gasteiger partial charge in [-0.1, -0.05) is 6.42 Å². The van der Waals surface area contributed by atoms with Gasteiger partial charge >= 0.3 is 0 Å². The first kappa shape index (κ1) is 13.1. The van der Waals surface area contributed by atoms with Gasteiger partial charge in [-0.05, 0) is 39.8 Å². The predicted octanol–water partition coefficient (Wildman–Crippen LogP) is 1.36. The molecule has 1 aromatic heterocycles. The van der Waals surface area contributed by atoms with Gasteiger partial charge in [-0.3, -0.25) is 0 Å². The molecule has 0 radical (unpaired) electrons. The molecule has 1 N–H and O–H groups in total. The third-order valence-corrected chi connectivity index (χ3v) is 4.40. The number of aryl methyl sites for hydroxylation is 1. The molecule has 0 bridgehead atoms. The maximum Gasteiger partial charge on any atom is 0.149 e. The molecule has 2 aliphatic rings. The summed E-state index contributed by atoms with van der Waals surface area (Å²) in [6, 6.07) is 0.898. The van der Waals surface area contributed by atoms with Crippen LogP contribution in [0.25, 0.3) is 0 Å². The first-order valence-corrected chi connectivity index (χ1v) is 7.60. The van der Waals surface area contributed by atoms with E-state index in [-0.39, 0.29) is 0 Å². The van der Waals surface area contributed by atoms with Crippen molar-refractivity contribution in [2.75, 3.05) is 20.1 Å². The molecule has 0 aromatic carbocycles. The number of likely N-dealkylation sites (N-methyl/N-ethyl adjacent to an activating group) is 1. The third kappa shape index (κ3) is 2.82. The SMILES string of the molecule is CC(NC1CCN(C)C1)c1nnc2n1CCCCC2. The highest BCUT2D eigenvalue weighted by molar-refractivity contribution is 5.02. The van der Waals surface area contributed by atoms with E-state index in [4.69, 9.17) is 0 Å². The van der Waals surface area contributed by atoms with Crippen molar-refractivity contribution in [2.24, 2.45) is 0 Å². The Hall–Kier alpha value is -0.940. The van der Waals surface area contributed by atoms with E-state index < -0.39 is 0 Å². The number of hydrogen-bond acceptors (Lipinski definition) is 4. The Morgan fingerprint density at radius 1 is 1.21 bits per heavy atom. The number of aromatic nitrogens is 3. The summed E-state index contributed by atoms with van der Waals surface area (Å²) in [5, 5.41) is 12.5. The van der Waals surface area contributed by atoms with Crippen molar-refractivity contribution < 1.29 is 0 Å². The van der Waals surface area contributed by atoms with Crippen LogP contribution < -0.4 is 5.32 Å². The van der Waals surface area contributed by atoms with E-state index >= 15 is 0 Å². The van der Waals surface area contributed by atoms with Crippen LogP contribution in [0.3, 0.4) is 0 Å². The first-order valence-electron chi connectivity index (χ1n) is 7.60. The quantitative estimate of drug-likeness (QED) is 0.894. The summed E-state index contributed by atoms with van der Waals surface area (Å²) >= 11 is 0. The lowest BCUT2D eigenvalue weighted by Gasteiger charge is -2.19. The normalized spacial score (nSPS) is 26.1. The average Bonchev–Trinajstić information content (AvgIpc) is 2.90. The van der Waals surface area contributed by atoms with Crippen LogP contribution in [0.4, 0.5) is 0 Å². The number of fused-ring (bicyclic) bond motifs is 1. The van der Waals surface area contributed by atoms with Crippen LogP contribution in [-0.2, 0) is 13.0 Å². The Kier molecular flexibility index (Phi) is 3.84. The van der Waals surface area contributed by atoms with Gasteiger partial charge < -0.3 is 14.8 Å². The molecule has 0 amide bonds. The highest BCUT2D eigenvalue weighted by Crippen LogP contribution is 2.20. The van der Waals surface area contributed by atoms with Crippen LogP contribution in [0.2, 0.25) is 0 Å². The fourth-order valence-corrected chi connectivity index (χ4v) is 3.33. The van der Waals surface area contributed by atoms with Gasteiger partial charge in [-0.25, -0.2) is 0 Å². The Morgan fingerprint density at radius 2 is 2.11 bits per heavy atom. The highest BCUT2D eigenvalue weighted by Gasteiger charge is 2.24. The van der Waals surface area contributed by atoms with Crippen molar-refractivity contribution in [3.05, 3.63) is 11.6 Å². The Labute approximate surface area is 115 Å². The van der Waals surface area contributed by atoms with Gasteiger partial charge in [0.1, 0.15) is 11.6 Å². The van der Waals surface area contributed by atoms with Crippen molar-refractivity contribution in [1.29, 1.82) is 0 Å². The summed E-state index contributed by atoms with van der Waals surface area (Å²) < 4.78 is 2.35. The predicted molar refractivity (Wildman–Crippen MR) is 75.0 cm³/mol. The van der Waals surface area contributed by atoms with E-state index in [1.807, 2.05) is 0 Å². The highest BCUT2D eigenvalue weighted by atomic mass is 15.3. The summed E-state index contributed by atoms with van der Waals surface area (Å²) in [6.07, 6.45) is 6.16. The molecule has 5 heteroatoms. The van der Waals surface area contributed by atoms with Crippen molar-refractivity contribution in [2.45, 2.75) is 57.7 Å². The monoisotopic (exact) mass is 263 g/mol. The smallest absolute Gasteiger partial charge is 0.149 e. The summed E-state index contributed by atoms with van der Waals surface area (Å²) in [7, 11) is 2.19. The van der Waals surface area contributed by atoms with Gasteiger partial charge in [-0.2, -0.15) is 0 Å². The van der Waals surface area contributed by atoms with Crippen LogP contribution in [-0.4, -0.2) is 45.8 Å². The van der Waals surface area contributed by atoms with Crippen LogP contribution in [0.5, 0.6) is 0 Å². The molecule has 19 heavy (non-hydrogen) atoms. The van der Waals surface area contributed by atoms with E-state index in [1.165, 1.54) is 38.1 Å². The molecule has 2 aliphatic heterocycles. The van der Waals surface area contributed by atoms with Crippen LogP contribution >= 0.6 is 0 Å². The third-order valence-electron chi connectivity index (χ3n) is 4.40. The minimum atomic E-state index is 0.302. The van der Waals surface area contributed by atoms with Crippen LogP contribution in [0, 0.1) is 0 Å². The zero-order valence-corrected chi connectivity index (χ0v) is 12.1. The molecule has 3 heterocycles. The maximum atomic E-state index is 4.44. The summed E-state index contributed by atoms with van der Waals surface area (Å²) in [5.41, 5.74) is 0. The fourth-order valence-electron chi connectivity index (χ4n) is 3.33. The number of nitrogens with one attached hydrogen (secondary N) is 1. The minimum absolute atomic E-state index is 0.302. The number of likely N-dealkylation sites (tertiary alicyclic amines) is 1. The fraction of sp³-hybridized carbons (Fsp3) is 0.857. The second kappa shape index (κ2) is 5.59. The van der Waals surface area contributed by atoms with Crippen molar-refractivity contribution in [3.63, 3.8) is 0 Å². The summed E-state index contributed by atoms with van der Waals surface area (Å²) in [5.74, 6) is 2.32. The van der Waals surface area contributed by atoms with Gasteiger partial charge in [-0.15, -0.1) is 10.2 Å². The van der Waals surface area contributed by atoms with Crippen molar-refractivity contribution in [1.82, 2.24) is 25.0 Å². The molecule has 0 aliphatic carbocycles. The zero-order valence-electron chi connectivity index (χ0n) is 12.1. The molecule has 1 saturated heterocycles. The second-order valence-corrected chi connectivity index (χ2v) is 6.07. The van der Waals surface area contributed by atoms with Gasteiger partial charge in [0.05, 0.1) is 6.04 Å². The Morgan fingerprint density at radius 3 is 2.89 bits per heavy atom. The summed E-state index contributed by atoms with van der Waals surface area (Å²) in [6.45, 7) is 5.66. The molecule has 3 rings (SSSR count). The lowest BCUT2D eigenvalue weighted by molar-refractivity contribution is 0.380. The van der Waals surface area contributed by atoms with E-state index in [0.717, 1.165) is 25.3 Å². The van der Waals surface area contributed by atoms with E-state index in [9.17, 15) is 0 Å². The van der Waals surface area contributed by atoms with Crippen molar-refractivity contribution in [3.8, 4) is 0 Å². The molecule has 2 unspecified atom stereocenters. The standard InChI is InChI=1S/C14H25N5/c1-11(15-12-7-9-18(2)10-12)14-17-16-13-6-4-3-5-8-19(13)14/h11-12,15H,3-10H2,1-2H3. The van der Waals surface area contributed by atoms with Crippen LogP contribution in [0.15, 0.2) is 0 Å². The lowest BCUT2D eigenvalue weighted by Crippen LogP contribution is -2.34. The molecule has 5 nitrogen and oxygen atoms in total. The molecule has 2 atom stereocenters. The number of hydrogen-bond donors (Lipinski definition) is 1. The van der Waals surface area contributed by atoms with E-state index in [0.29, 0.717) is 12.1 Å². The van der Waals surface area contributed by atoms with Gasteiger partial charge in [0.25, 0.3) is 0 Å². The Balaban J connectivity index is 1.69. The molecular formula is C14H25N5. The first-order chi connectivity index (χ1) is 9.24. The van der Waals surface area contributed by atoms with Gasteiger partial charge in [0, 0.05) is 25.6 Å². The van der Waals surface area contributed by atoms with Gasteiger partial charge in [0.15, 0.2) is 0 Å². The molecule has 1 fully saturated rings. The Bertz CT molecular complexity index is 427. The van der Waals surface area contributed by atoms with E-state index in [1.54, 1.807) is 0 Å². The zero-order chi connectivity index (χ0) is 13.2. The maximum absolute atomic E-state index is 4.44. The molecule has 0 saturated carbocycles. The van der Waals surface area contributed by atoms with Crippen molar-refractivity contribution >= 4 is 0 Å². The molecule has 0 spiro atoms.